The Balaban J connectivity index is 2.17. The third-order valence-electron chi connectivity index (χ3n) is 2.10. The highest BCUT2D eigenvalue weighted by atomic mass is 35.5. The number of H-pyrrole nitrogens is 1. The molecule has 2 rings (SSSR count). The van der Waals surface area contributed by atoms with Gasteiger partial charge in [0.25, 0.3) is 10.0 Å². The number of imidazole rings is 2. The summed E-state index contributed by atoms with van der Waals surface area (Å²) in [6, 6.07) is 0. The largest absolute Gasteiger partial charge is 0.347 e. The Morgan fingerprint density at radius 3 is 2.88 bits per heavy atom. The fraction of sp³-hybridized carbons (Fsp3) is 0.250. The average Bonchev–Trinajstić information content (AvgIpc) is 2.88. The zero-order valence-corrected chi connectivity index (χ0v) is 10.5. The van der Waals surface area contributed by atoms with Gasteiger partial charge in [0.05, 0.1) is 19.2 Å². The molecule has 0 spiro atoms. The summed E-state index contributed by atoms with van der Waals surface area (Å²) in [5.74, 6) is 0. The first-order valence-corrected chi connectivity index (χ1v) is 6.50. The van der Waals surface area contributed by atoms with Crippen molar-refractivity contribution in [3.8, 4) is 0 Å². The number of halogens is 1. The molecule has 0 radical (unpaired) electrons. The van der Waals surface area contributed by atoms with Gasteiger partial charge in [0, 0.05) is 18.9 Å². The van der Waals surface area contributed by atoms with Crippen molar-refractivity contribution in [2.75, 3.05) is 0 Å². The Morgan fingerprint density at radius 2 is 2.35 bits per heavy atom. The monoisotopic (exact) mass is 275 g/mol. The van der Waals surface area contributed by atoms with E-state index in [-0.39, 0.29) is 16.7 Å². The van der Waals surface area contributed by atoms with Crippen LogP contribution in [0.5, 0.6) is 0 Å². The Bertz CT molecular complexity index is 604. The number of aromatic nitrogens is 4. The van der Waals surface area contributed by atoms with E-state index < -0.39 is 10.0 Å². The predicted molar refractivity (Wildman–Crippen MR) is 60.8 cm³/mol. The molecule has 0 bridgehead atoms. The van der Waals surface area contributed by atoms with Gasteiger partial charge in [-0.25, -0.2) is 23.1 Å². The van der Waals surface area contributed by atoms with Crippen molar-refractivity contribution in [1.82, 2.24) is 24.2 Å². The summed E-state index contributed by atoms with van der Waals surface area (Å²) in [5.41, 5.74) is 0.653. The van der Waals surface area contributed by atoms with Crippen LogP contribution in [-0.4, -0.2) is 27.9 Å². The lowest BCUT2D eigenvalue weighted by molar-refractivity contribution is 0.577. The molecular weight excluding hydrogens is 266 g/mol. The molecule has 9 heteroatoms. The van der Waals surface area contributed by atoms with E-state index >= 15 is 0 Å². The standard InChI is InChI=1S/C8H10ClN5O2S/c1-14-5-12-8(7(14)9)17(15,16)13-3-6-2-10-4-11-6/h2,4-5,13H,3H2,1H3,(H,10,11). The summed E-state index contributed by atoms with van der Waals surface area (Å²) in [4.78, 5) is 10.3. The van der Waals surface area contributed by atoms with E-state index in [0.717, 1.165) is 0 Å². The van der Waals surface area contributed by atoms with Crippen LogP contribution in [0.4, 0.5) is 0 Å². The molecule has 0 aliphatic heterocycles. The minimum Gasteiger partial charge on any atom is -0.347 e. The van der Waals surface area contributed by atoms with Gasteiger partial charge in [-0.05, 0) is 0 Å². The number of nitrogens with one attached hydrogen (secondary N) is 2. The molecule has 0 atom stereocenters. The molecule has 0 aliphatic rings. The lowest BCUT2D eigenvalue weighted by Crippen LogP contribution is -2.24. The molecule has 0 saturated carbocycles. The fourth-order valence-corrected chi connectivity index (χ4v) is 2.63. The number of aromatic amines is 1. The average molecular weight is 276 g/mol. The van der Waals surface area contributed by atoms with E-state index in [2.05, 4.69) is 19.7 Å². The normalized spacial score (nSPS) is 11.9. The summed E-state index contributed by atoms with van der Waals surface area (Å²) >= 11 is 5.82. The SMILES string of the molecule is Cn1cnc(S(=O)(=O)NCc2cnc[nH]2)c1Cl. The summed E-state index contributed by atoms with van der Waals surface area (Å²) in [7, 11) is -2.09. The predicted octanol–water partition coefficient (Wildman–Crippen LogP) is 0.275. The molecule has 0 amide bonds. The molecule has 92 valence electrons. The van der Waals surface area contributed by atoms with Gasteiger partial charge in [0.15, 0.2) is 0 Å². The van der Waals surface area contributed by atoms with Gasteiger partial charge in [0.2, 0.25) is 5.03 Å². The zero-order chi connectivity index (χ0) is 12.5. The van der Waals surface area contributed by atoms with Gasteiger partial charge >= 0.3 is 0 Å². The number of nitrogens with zero attached hydrogens (tertiary/aromatic N) is 3. The maximum absolute atomic E-state index is 11.9. The van der Waals surface area contributed by atoms with Crippen molar-refractivity contribution in [1.29, 1.82) is 0 Å². The van der Waals surface area contributed by atoms with Gasteiger partial charge in [-0.2, -0.15) is 0 Å². The van der Waals surface area contributed by atoms with Crippen LogP contribution >= 0.6 is 11.6 Å². The van der Waals surface area contributed by atoms with Crippen molar-refractivity contribution in [2.24, 2.45) is 7.05 Å². The first-order valence-electron chi connectivity index (χ1n) is 4.64. The van der Waals surface area contributed by atoms with Gasteiger partial charge in [-0.3, -0.25) is 0 Å². The van der Waals surface area contributed by atoms with Crippen LogP contribution in [0, 0.1) is 0 Å². The summed E-state index contributed by atoms with van der Waals surface area (Å²) in [6.45, 7) is 0.106. The highest BCUT2D eigenvalue weighted by molar-refractivity contribution is 7.89. The molecular formula is C8H10ClN5O2S. The number of hydrogen-bond donors (Lipinski definition) is 2. The van der Waals surface area contributed by atoms with Crippen molar-refractivity contribution in [3.05, 3.63) is 29.7 Å². The molecule has 0 fully saturated rings. The molecule has 0 saturated heterocycles. The zero-order valence-electron chi connectivity index (χ0n) is 8.88. The molecule has 0 unspecified atom stereocenters. The van der Waals surface area contributed by atoms with E-state index in [1.807, 2.05) is 0 Å². The third kappa shape index (κ3) is 2.48. The first-order chi connectivity index (χ1) is 8.00. The van der Waals surface area contributed by atoms with Crippen molar-refractivity contribution >= 4 is 21.6 Å². The first kappa shape index (κ1) is 12.1. The van der Waals surface area contributed by atoms with Crippen LogP contribution in [0.2, 0.25) is 5.15 Å². The van der Waals surface area contributed by atoms with Gasteiger partial charge in [-0.1, -0.05) is 11.6 Å². The van der Waals surface area contributed by atoms with E-state index in [4.69, 9.17) is 11.6 Å². The second-order valence-electron chi connectivity index (χ2n) is 3.35. The van der Waals surface area contributed by atoms with Crippen molar-refractivity contribution in [2.45, 2.75) is 11.6 Å². The van der Waals surface area contributed by atoms with Crippen LogP contribution < -0.4 is 4.72 Å². The Morgan fingerprint density at radius 1 is 1.59 bits per heavy atom. The third-order valence-corrected chi connectivity index (χ3v) is 3.99. The molecule has 7 nitrogen and oxygen atoms in total. The van der Waals surface area contributed by atoms with Crippen LogP contribution in [0.25, 0.3) is 0 Å². The Labute approximate surface area is 103 Å². The minimum absolute atomic E-state index is 0.0714. The molecule has 2 aromatic heterocycles. The highest BCUT2D eigenvalue weighted by Crippen LogP contribution is 2.18. The number of aryl methyl sites for hydroxylation is 1. The molecule has 0 aromatic carbocycles. The Hall–Kier alpha value is -1.38. The number of rotatable bonds is 4. The van der Waals surface area contributed by atoms with Crippen molar-refractivity contribution < 1.29 is 8.42 Å². The second-order valence-corrected chi connectivity index (χ2v) is 5.39. The second kappa shape index (κ2) is 4.47. The van der Waals surface area contributed by atoms with E-state index in [0.29, 0.717) is 5.69 Å². The van der Waals surface area contributed by atoms with E-state index in [9.17, 15) is 8.42 Å². The number of hydrogen-bond acceptors (Lipinski definition) is 4. The Kier molecular flexibility index (Phi) is 3.18. The maximum Gasteiger partial charge on any atom is 0.261 e. The molecule has 2 N–H and O–H groups in total. The minimum atomic E-state index is -3.71. The van der Waals surface area contributed by atoms with E-state index in [1.165, 1.54) is 23.4 Å². The van der Waals surface area contributed by atoms with Crippen LogP contribution in [0.3, 0.4) is 0 Å². The number of sulfonamides is 1. The van der Waals surface area contributed by atoms with E-state index in [1.54, 1.807) is 7.05 Å². The molecule has 2 heterocycles. The molecule has 17 heavy (non-hydrogen) atoms. The van der Waals surface area contributed by atoms with Gasteiger partial charge in [-0.15, -0.1) is 0 Å². The summed E-state index contributed by atoms with van der Waals surface area (Å²) in [6.07, 6.45) is 4.34. The lowest BCUT2D eigenvalue weighted by atomic mass is 10.5. The van der Waals surface area contributed by atoms with Crippen LogP contribution in [0.1, 0.15) is 5.69 Å². The molecule has 0 aliphatic carbocycles. The smallest absolute Gasteiger partial charge is 0.261 e. The fourth-order valence-electron chi connectivity index (χ4n) is 1.20. The molecule has 2 aromatic rings. The van der Waals surface area contributed by atoms with Crippen LogP contribution in [0.15, 0.2) is 23.9 Å². The summed E-state index contributed by atoms with van der Waals surface area (Å²) in [5, 5.41) is -0.108. The maximum atomic E-state index is 11.9. The topological polar surface area (TPSA) is 92.7 Å². The highest BCUT2D eigenvalue weighted by Gasteiger charge is 2.21. The lowest BCUT2D eigenvalue weighted by Gasteiger charge is -2.03. The van der Waals surface area contributed by atoms with Gasteiger partial charge < -0.3 is 9.55 Å². The quantitative estimate of drug-likeness (QED) is 0.838. The van der Waals surface area contributed by atoms with Crippen LogP contribution in [-0.2, 0) is 23.6 Å². The van der Waals surface area contributed by atoms with Crippen molar-refractivity contribution in [3.63, 3.8) is 0 Å². The summed E-state index contributed by atoms with van der Waals surface area (Å²) < 4.78 is 27.5. The van der Waals surface area contributed by atoms with Gasteiger partial charge in [0.1, 0.15) is 5.15 Å².